The SMILES string of the molecule is CC(NCC1(O)CCCCC1)c1cccc(-n2cccn2)c1. The van der Waals surface area contributed by atoms with Crippen molar-refractivity contribution in [2.75, 3.05) is 6.54 Å². The molecular weight excluding hydrogens is 274 g/mol. The Hall–Kier alpha value is -1.65. The number of nitrogens with one attached hydrogen (secondary N) is 1. The van der Waals surface area contributed by atoms with Crippen molar-refractivity contribution in [3.8, 4) is 5.69 Å². The maximum Gasteiger partial charge on any atom is 0.0771 e. The molecule has 1 unspecified atom stereocenters. The number of aliphatic hydroxyl groups is 1. The molecule has 4 nitrogen and oxygen atoms in total. The van der Waals surface area contributed by atoms with Crippen LogP contribution in [-0.2, 0) is 0 Å². The molecule has 1 atom stereocenters. The summed E-state index contributed by atoms with van der Waals surface area (Å²) in [6.07, 6.45) is 9.10. The largest absolute Gasteiger partial charge is 0.389 e. The zero-order chi connectivity index (χ0) is 15.4. The van der Waals surface area contributed by atoms with Gasteiger partial charge in [0.2, 0.25) is 0 Å². The van der Waals surface area contributed by atoms with Crippen LogP contribution in [0.1, 0.15) is 50.6 Å². The lowest BCUT2D eigenvalue weighted by atomic mass is 9.84. The number of aromatic nitrogens is 2. The van der Waals surface area contributed by atoms with Gasteiger partial charge in [-0.25, -0.2) is 4.68 Å². The summed E-state index contributed by atoms with van der Waals surface area (Å²) in [5.74, 6) is 0. The lowest BCUT2D eigenvalue weighted by molar-refractivity contribution is 0.00300. The highest BCUT2D eigenvalue weighted by Gasteiger charge is 2.29. The predicted molar refractivity (Wildman–Crippen MR) is 88.0 cm³/mol. The highest BCUT2D eigenvalue weighted by atomic mass is 16.3. The fraction of sp³-hybridized carbons (Fsp3) is 0.500. The predicted octanol–water partition coefficient (Wildman–Crippen LogP) is 3.22. The average molecular weight is 299 g/mol. The molecule has 1 aromatic carbocycles. The summed E-state index contributed by atoms with van der Waals surface area (Å²) in [5.41, 5.74) is 1.76. The first-order valence-electron chi connectivity index (χ1n) is 8.22. The zero-order valence-corrected chi connectivity index (χ0v) is 13.2. The van der Waals surface area contributed by atoms with Crippen molar-refractivity contribution in [1.29, 1.82) is 0 Å². The summed E-state index contributed by atoms with van der Waals surface area (Å²) < 4.78 is 1.87. The van der Waals surface area contributed by atoms with E-state index >= 15 is 0 Å². The maximum atomic E-state index is 10.6. The topological polar surface area (TPSA) is 50.1 Å². The van der Waals surface area contributed by atoms with Crippen molar-refractivity contribution in [2.45, 2.75) is 50.7 Å². The van der Waals surface area contributed by atoms with Gasteiger partial charge in [-0.1, -0.05) is 31.4 Å². The number of hydrogen-bond donors (Lipinski definition) is 2. The Morgan fingerprint density at radius 3 is 2.82 bits per heavy atom. The van der Waals surface area contributed by atoms with Gasteiger partial charge < -0.3 is 10.4 Å². The van der Waals surface area contributed by atoms with E-state index < -0.39 is 5.60 Å². The van der Waals surface area contributed by atoms with Gasteiger partial charge in [0.25, 0.3) is 0 Å². The van der Waals surface area contributed by atoms with Gasteiger partial charge >= 0.3 is 0 Å². The van der Waals surface area contributed by atoms with Gasteiger partial charge in [0.15, 0.2) is 0 Å². The Morgan fingerprint density at radius 1 is 1.27 bits per heavy atom. The molecule has 1 aliphatic rings. The van der Waals surface area contributed by atoms with Crippen molar-refractivity contribution in [3.63, 3.8) is 0 Å². The molecule has 0 saturated heterocycles. The molecule has 1 heterocycles. The number of rotatable bonds is 5. The number of hydrogen-bond acceptors (Lipinski definition) is 3. The maximum absolute atomic E-state index is 10.6. The molecule has 0 bridgehead atoms. The van der Waals surface area contributed by atoms with Crippen molar-refractivity contribution in [1.82, 2.24) is 15.1 Å². The molecule has 3 rings (SSSR count). The minimum atomic E-state index is -0.522. The van der Waals surface area contributed by atoms with Gasteiger partial charge in [-0.3, -0.25) is 0 Å². The van der Waals surface area contributed by atoms with Gasteiger partial charge in [0.1, 0.15) is 0 Å². The Bertz CT molecular complexity index is 588. The number of nitrogens with zero attached hydrogens (tertiary/aromatic N) is 2. The molecule has 2 N–H and O–H groups in total. The molecule has 1 aromatic heterocycles. The van der Waals surface area contributed by atoms with E-state index in [0.717, 1.165) is 31.4 Å². The molecular formula is C18H25N3O. The summed E-state index contributed by atoms with van der Waals surface area (Å²) in [4.78, 5) is 0. The second kappa shape index (κ2) is 6.63. The first-order valence-corrected chi connectivity index (χ1v) is 8.22. The molecule has 0 amide bonds. The average Bonchev–Trinajstić information content (AvgIpc) is 3.08. The van der Waals surface area contributed by atoms with Crippen molar-refractivity contribution >= 4 is 0 Å². The summed E-state index contributed by atoms with van der Waals surface area (Å²) in [7, 11) is 0. The normalized spacial score (nSPS) is 19.0. The Morgan fingerprint density at radius 2 is 2.09 bits per heavy atom. The quantitative estimate of drug-likeness (QED) is 0.891. The van der Waals surface area contributed by atoms with Crippen LogP contribution in [0.4, 0.5) is 0 Å². The van der Waals surface area contributed by atoms with Gasteiger partial charge in [-0.2, -0.15) is 5.10 Å². The molecule has 0 radical (unpaired) electrons. The van der Waals surface area contributed by atoms with Crippen molar-refractivity contribution in [3.05, 3.63) is 48.3 Å². The molecule has 118 valence electrons. The van der Waals surface area contributed by atoms with E-state index in [1.807, 2.05) is 16.9 Å². The second-order valence-corrected chi connectivity index (χ2v) is 6.43. The Kier molecular flexibility index (Phi) is 4.60. The smallest absolute Gasteiger partial charge is 0.0771 e. The van der Waals surface area contributed by atoms with Crippen molar-refractivity contribution < 1.29 is 5.11 Å². The molecule has 0 spiro atoms. The van der Waals surface area contributed by atoms with Crippen molar-refractivity contribution in [2.24, 2.45) is 0 Å². The van der Waals surface area contributed by atoms with Gasteiger partial charge in [-0.05, 0) is 43.5 Å². The van der Waals surface area contributed by atoms with Crippen LogP contribution in [0.2, 0.25) is 0 Å². The van der Waals surface area contributed by atoms with E-state index in [1.54, 1.807) is 6.20 Å². The highest BCUT2D eigenvalue weighted by Crippen LogP contribution is 2.28. The third-order valence-electron chi connectivity index (χ3n) is 4.66. The van der Waals surface area contributed by atoms with Crippen LogP contribution in [0.15, 0.2) is 42.7 Å². The molecule has 4 heteroatoms. The summed E-state index contributed by atoms with van der Waals surface area (Å²) >= 11 is 0. The van der Waals surface area contributed by atoms with Crippen LogP contribution >= 0.6 is 0 Å². The minimum Gasteiger partial charge on any atom is -0.389 e. The van der Waals surface area contributed by atoms with E-state index in [4.69, 9.17) is 0 Å². The molecule has 1 saturated carbocycles. The second-order valence-electron chi connectivity index (χ2n) is 6.43. The highest BCUT2D eigenvalue weighted by molar-refractivity contribution is 5.36. The van der Waals surface area contributed by atoms with E-state index in [-0.39, 0.29) is 6.04 Å². The molecule has 2 aromatic rings. The standard InChI is InChI=1S/C18H25N3O/c1-15(19-14-18(22)9-3-2-4-10-18)16-7-5-8-17(13-16)21-12-6-11-20-21/h5-8,11-13,15,19,22H,2-4,9-10,14H2,1H3. The van der Waals surface area contributed by atoms with E-state index in [2.05, 4.69) is 41.6 Å². The van der Waals surface area contributed by atoms with Crippen LogP contribution in [0.5, 0.6) is 0 Å². The van der Waals surface area contributed by atoms with Crippen LogP contribution in [0.3, 0.4) is 0 Å². The Labute approximate surface area is 132 Å². The van der Waals surface area contributed by atoms with Gasteiger partial charge in [0, 0.05) is 25.0 Å². The minimum absolute atomic E-state index is 0.210. The van der Waals surface area contributed by atoms with Crippen LogP contribution in [0, 0.1) is 0 Å². The fourth-order valence-electron chi connectivity index (χ4n) is 3.21. The van der Waals surface area contributed by atoms with E-state index in [9.17, 15) is 5.11 Å². The summed E-state index contributed by atoms with van der Waals surface area (Å²) in [6.45, 7) is 2.81. The third-order valence-corrected chi connectivity index (χ3v) is 4.66. The number of benzene rings is 1. The molecule has 1 aliphatic carbocycles. The monoisotopic (exact) mass is 299 g/mol. The van der Waals surface area contributed by atoms with Crippen LogP contribution < -0.4 is 5.32 Å². The Balaban J connectivity index is 1.65. The zero-order valence-electron chi connectivity index (χ0n) is 13.2. The lowest BCUT2D eigenvalue weighted by Gasteiger charge is -2.33. The van der Waals surface area contributed by atoms with E-state index in [0.29, 0.717) is 6.54 Å². The van der Waals surface area contributed by atoms with Crippen LogP contribution in [0.25, 0.3) is 5.69 Å². The van der Waals surface area contributed by atoms with E-state index in [1.165, 1.54) is 12.0 Å². The first kappa shape index (κ1) is 15.3. The third kappa shape index (κ3) is 3.57. The van der Waals surface area contributed by atoms with Gasteiger partial charge in [-0.15, -0.1) is 0 Å². The summed E-state index contributed by atoms with van der Waals surface area (Å²) in [5, 5.41) is 18.4. The molecule has 0 aliphatic heterocycles. The molecule has 22 heavy (non-hydrogen) atoms. The summed E-state index contributed by atoms with van der Waals surface area (Å²) in [6, 6.07) is 10.5. The van der Waals surface area contributed by atoms with Crippen LogP contribution in [-0.4, -0.2) is 27.0 Å². The first-order chi connectivity index (χ1) is 10.7. The fourth-order valence-corrected chi connectivity index (χ4v) is 3.21. The lowest BCUT2D eigenvalue weighted by Crippen LogP contribution is -2.42. The van der Waals surface area contributed by atoms with Gasteiger partial charge in [0.05, 0.1) is 11.3 Å². The molecule has 1 fully saturated rings.